The second-order valence-electron chi connectivity index (χ2n) is 4.71. The number of rotatable bonds is 3. The van der Waals surface area contributed by atoms with Crippen molar-refractivity contribution in [2.75, 3.05) is 25.6 Å². The normalized spacial score (nSPS) is 18.0. The number of carbonyl (C=O) groups excluding carboxylic acids is 1. The van der Waals surface area contributed by atoms with Crippen molar-refractivity contribution in [2.45, 2.75) is 18.4 Å². The van der Waals surface area contributed by atoms with Gasteiger partial charge in [-0.3, -0.25) is 4.79 Å². The lowest BCUT2D eigenvalue weighted by molar-refractivity contribution is 0.0125. The SMILES string of the molecule is Nc1cccc(C(=O)NC2(CO)CCOCC2)c1Cl. The van der Waals surface area contributed by atoms with Crippen molar-refractivity contribution in [3.63, 3.8) is 0 Å². The van der Waals surface area contributed by atoms with Gasteiger partial charge in [-0.15, -0.1) is 0 Å². The standard InChI is InChI=1S/C13H17ClN2O3/c14-11-9(2-1-3-10(11)15)12(18)16-13(8-17)4-6-19-7-5-13/h1-3,17H,4-8,15H2,(H,16,18). The third kappa shape index (κ3) is 3.00. The van der Waals surface area contributed by atoms with Crippen molar-refractivity contribution in [3.8, 4) is 0 Å². The van der Waals surface area contributed by atoms with E-state index in [0.717, 1.165) is 0 Å². The Balaban J connectivity index is 2.17. The summed E-state index contributed by atoms with van der Waals surface area (Å²) in [5.41, 5.74) is 5.72. The maximum atomic E-state index is 12.2. The molecule has 0 bridgehead atoms. The van der Waals surface area contributed by atoms with E-state index in [9.17, 15) is 9.90 Å². The van der Waals surface area contributed by atoms with Crippen LogP contribution in [-0.4, -0.2) is 36.4 Å². The monoisotopic (exact) mass is 284 g/mol. The van der Waals surface area contributed by atoms with Gasteiger partial charge in [0.05, 0.1) is 28.4 Å². The predicted octanol–water partition coefficient (Wildman–Crippen LogP) is 1.19. The summed E-state index contributed by atoms with van der Waals surface area (Å²) in [4.78, 5) is 12.2. The molecule has 1 heterocycles. The van der Waals surface area contributed by atoms with Crippen LogP contribution in [0.1, 0.15) is 23.2 Å². The van der Waals surface area contributed by atoms with Gasteiger partial charge in [-0.1, -0.05) is 17.7 Å². The van der Waals surface area contributed by atoms with E-state index >= 15 is 0 Å². The second-order valence-corrected chi connectivity index (χ2v) is 5.09. The van der Waals surface area contributed by atoms with E-state index in [2.05, 4.69) is 5.32 Å². The van der Waals surface area contributed by atoms with Crippen LogP contribution in [0.25, 0.3) is 0 Å². The van der Waals surface area contributed by atoms with Crippen LogP contribution in [0.15, 0.2) is 18.2 Å². The molecule has 1 fully saturated rings. The van der Waals surface area contributed by atoms with Crippen LogP contribution in [-0.2, 0) is 4.74 Å². The highest BCUT2D eigenvalue weighted by Crippen LogP contribution is 2.25. The fourth-order valence-electron chi connectivity index (χ4n) is 2.12. The summed E-state index contributed by atoms with van der Waals surface area (Å²) in [5, 5.41) is 12.6. The lowest BCUT2D eigenvalue weighted by atomic mass is 9.90. The lowest BCUT2D eigenvalue weighted by Crippen LogP contribution is -2.54. The molecule has 19 heavy (non-hydrogen) atoms. The fourth-order valence-corrected chi connectivity index (χ4v) is 2.33. The molecule has 1 aromatic rings. The fraction of sp³-hybridized carbons (Fsp3) is 0.462. The minimum Gasteiger partial charge on any atom is -0.398 e. The number of nitrogens with one attached hydrogen (secondary N) is 1. The van der Waals surface area contributed by atoms with Crippen LogP contribution in [0.3, 0.4) is 0 Å². The highest BCUT2D eigenvalue weighted by Gasteiger charge is 2.34. The largest absolute Gasteiger partial charge is 0.398 e. The number of nitrogens with two attached hydrogens (primary N) is 1. The van der Waals surface area contributed by atoms with Crippen molar-refractivity contribution in [1.82, 2.24) is 5.32 Å². The topological polar surface area (TPSA) is 84.6 Å². The molecule has 1 saturated heterocycles. The highest BCUT2D eigenvalue weighted by atomic mass is 35.5. The van der Waals surface area contributed by atoms with Gasteiger partial charge in [0, 0.05) is 13.2 Å². The maximum absolute atomic E-state index is 12.2. The van der Waals surface area contributed by atoms with Crippen molar-refractivity contribution in [1.29, 1.82) is 0 Å². The Morgan fingerprint density at radius 1 is 1.47 bits per heavy atom. The van der Waals surface area contributed by atoms with Gasteiger partial charge in [0.15, 0.2) is 0 Å². The molecule has 0 aromatic heterocycles. The number of ether oxygens (including phenoxy) is 1. The van der Waals surface area contributed by atoms with Gasteiger partial charge in [-0.05, 0) is 25.0 Å². The zero-order valence-electron chi connectivity index (χ0n) is 10.5. The van der Waals surface area contributed by atoms with Gasteiger partial charge in [-0.2, -0.15) is 0 Å². The molecular formula is C13H17ClN2O3. The van der Waals surface area contributed by atoms with Gasteiger partial charge in [-0.25, -0.2) is 0 Å². The molecule has 1 aliphatic heterocycles. The molecule has 0 unspecified atom stereocenters. The van der Waals surface area contributed by atoms with Crippen LogP contribution in [0, 0.1) is 0 Å². The molecule has 1 aliphatic rings. The van der Waals surface area contributed by atoms with Crippen LogP contribution < -0.4 is 11.1 Å². The Kier molecular flexibility index (Phi) is 4.29. The van der Waals surface area contributed by atoms with Crippen molar-refractivity contribution in [3.05, 3.63) is 28.8 Å². The number of aliphatic hydroxyl groups excluding tert-OH is 1. The smallest absolute Gasteiger partial charge is 0.253 e. The number of nitrogen functional groups attached to an aromatic ring is 1. The van der Waals surface area contributed by atoms with Gasteiger partial charge in [0.1, 0.15) is 0 Å². The number of carbonyl (C=O) groups is 1. The summed E-state index contributed by atoms with van der Waals surface area (Å²) >= 11 is 6.02. The summed E-state index contributed by atoms with van der Waals surface area (Å²) in [6, 6.07) is 4.92. The molecule has 0 aliphatic carbocycles. The van der Waals surface area contributed by atoms with Crippen LogP contribution >= 0.6 is 11.6 Å². The van der Waals surface area contributed by atoms with Crippen molar-refractivity contribution >= 4 is 23.2 Å². The van der Waals surface area contributed by atoms with Crippen LogP contribution in [0.2, 0.25) is 5.02 Å². The Morgan fingerprint density at radius 2 is 2.16 bits per heavy atom. The zero-order chi connectivity index (χ0) is 13.9. The Morgan fingerprint density at radius 3 is 2.79 bits per heavy atom. The Labute approximate surface area is 116 Å². The molecule has 0 spiro atoms. The van der Waals surface area contributed by atoms with Crippen LogP contribution in [0.4, 0.5) is 5.69 Å². The van der Waals surface area contributed by atoms with E-state index in [-0.39, 0.29) is 17.5 Å². The molecular weight excluding hydrogens is 268 g/mol. The quantitative estimate of drug-likeness (QED) is 0.728. The van der Waals surface area contributed by atoms with Gasteiger partial charge in [0.2, 0.25) is 0 Å². The minimum atomic E-state index is -0.636. The summed E-state index contributed by atoms with van der Waals surface area (Å²) < 4.78 is 5.25. The molecule has 0 radical (unpaired) electrons. The van der Waals surface area contributed by atoms with E-state index in [1.807, 2.05) is 0 Å². The third-order valence-electron chi connectivity index (χ3n) is 3.40. The van der Waals surface area contributed by atoms with E-state index in [1.165, 1.54) is 0 Å². The second kappa shape index (κ2) is 5.77. The number of hydrogen-bond donors (Lipinski definition) is 3. The van der Waals surface area contributed by atoms with E-state index < -0.39 is 5.54 Å². The minimum absolute atomic E-state index is 0.123. The predicted molar refractivity (Wildman–Crippen MR) is 73.2 cm³/mol. The summed E-state index contributed by atoms with van der Waals surface area (Å²) in [7, 11) is 0. The van der Waals surface area contributed by atoms with E-state index in [0.29, 0.717) is 37.3 Å². The molecule has 4 N–H and O–H groups in total. The van der Waals surface area contributed by atoms with Crippen molar-refractivity contribution in [2.24, 2.45) is 0 Å². The highest BCUT2D eigenvalue weighted by molar-refractivity contribution is 6.36. The Hall–Kier alpha value is -1.30. The summed E-state index contributed by atoms with van der Waals surface area (Å²) in [6.45, 7) is 0.916. The third-order valence-corrected chi connectivity index (χ3v) is 3.83. The van der Waals surface area contributed by atoms with Crippen LogP contribution in [0.5, 0.6) is 0 Å². The van der Waals surface area contributed by atoms with Crippen molar-refractivity contribution < 1.29 is 14.6 Å². The summed E-state index contributed by atoms with van der Waals surface area (Å²) in [6.07, 6.45) is 1.16. The molecule has 1 aromatic carbocycles. The molecule has 1 amide bonds. The molecule has 104 valence electrons. The van der Waals surface area contributed by atoms with Gasteiger partial charge < -0.3 is 20.9 Å². The molecule has 2 rings (SSSR count). The molecule has 0 saturated carbocycles. The number of aliphatic hydroxyl groups is 1. The van der Waals surface area contributed by atoms with E-state index in [4.69, 9.17) is 22.1 Å². The molecule has 0 atom stereocenters. The number of anilines is 1. The Bertz CT molecular complexity index is 473. The lowest BCUT2D eigenvalue weighted by Gasteiger charge is -2.36. The first-order valence-corrected chi connectivity index (χ1v) is 6.51. The average molecular weight is 285 g/mol. The first-order chi connectivity index (χ1) is 9.08. The van der Waals surface area contributed by atoms with E-state index in [1.54, 1.807) is 18.2 Å². The first-order valence-electron chi connectivity index (χ1n) is 6.13. The van der Waals surface area contributed by atoms with Gasteiger partial charge in [0.25, 0.3) is 5.91 Å². The number of halogens is 1. The zero-order valence-corrected chi connectivity index (χ0v) is 11.2. The molecule has 5 nitrogen and oxygen atoms in total. The average Bonchev–Trinajstić information content (AvgIpc) is 2.42. The number of benzene rings is 1. The summed E-state index contributed by atoms with van der Waals surface area (Å²) in [5.74, 6) is -0.326. The number of hydrogen-bond acceptors (Lipinski definition) is 4. The first kappa shape index (κ1) is 14.1. The maximum Gasteiger partial charge on any atom is 0.253 e. The van der Waals surface area contributed by atoms with Gasteiger partial charge >= 0.3 is 0 Å². The molecule has 6 heteroatoms. The number of amides is 1.